The molecule has 0 atom stereocenters. The van der Waals surface area contributed by atoms with E-state index in [2.05, 4.69) is 15.0 Å². The molecule has 0 saturated heterocycles. The molecule has 2 heterocycles. The van der Waals surface area contributed by atoms with E-state index in [9.17, 15) is 4.79 Å². The van der Waals surface area contributed by atoms with Crippen LogP contribution < -0.4 is 15.0 Å². The van der Waals surface area contributed by atoms with Gasteiger partial charge in [-0.25, -0.2) is 4.98 Å². The summed E-state index contributed by atoms with van der Waals surface area (Å²) in [6.45, 7) is 3.23. The lowest BCUT2D eigenvalue weighted by Crippen LogP contribution is -2.22. The molecule has 0 saturated carbocycles. The Balaban J connectivity index is 1.79. The first-order valence-corrected chi connectivity index (χ1v) is 9.13. The number of nitrogens with zero attached hydrogens (tertiary/aromatic N) is 4. The molecule has 8 heteroatoms. The molecule has 0 amide bonds. The first-order chi connectivity index (χ1) is 12.5. The molecule has 7 nitrogen and oxygen atoms in total. The normalized spacial score (nSPS) is 11.3. The van der Waals surface area contributed by atoms with Crippen LogP contribution in [0.4, 0.5) is 0 Å². The smallest absolute Gasteiger partial charge is 0.275 e. The van der Waals surface area contributed by atoms with Crippen molar-refractivity contribution in [3.63, 3.8) is 0 Å². The third kappa shape index (κ3) is 3.86. The summed E-state index contributed by atoms with van der Waals surface area (Å²) < 4.78 is 12.1. The lowest BCUT2D eigenvalue weighted by Gasteiger charge is -2.18. The Morgan fingerprint density at radius 1 is 1.19 bits per heavy atom. The zero-order chi connectivity index (χ0) is 18.7. The van der Waals surface area contributed by atoms with E-state index in [0.717, 1.165) is 34.2 Å². The van der Waals surface area contributed by atoms with Crippen molar-refractivity contribution in [2.75, 3.05) is 21.3 Å². The van der Waals surface area contributed by atoms with Gasteiger partial charge in [0, 0.05) is 30.8 Å². The van der Waals surface area contributed by atoms with Crippen LogP contribution in [0.15, 0.2) is 29.1 Å². The molecule has 0 radical (unpaired) electrons. The van der Waals surface area contributed by atoms with Gasteiger partial charge in [-0.2, -0.15) is 9.61 Å². The van der Waals surface area contributed by atoms with E-state index in [-0.39, 0.29) is 5.56 Å². The first-order valence-electron chi connectivity index (χ1n) is 8.32. The summed E-state index contributed by atoms with van der Waals surface area (Å²) in [5.41, 5.74) is 1.63. The van der Waals surface area contributed by atoms with Crippen LogP contribution >= 0.6 is 11.3 Å². The van der Waals surface area contributed by atoms with Gasteiger partial charge in [0.15, 0.2) is 0 Å². The quantitative estimate of drug-likeness (QED) is 0.632. The predicted molar refractivity (Wildman–Crippen MR) is 101 cm³/mol. The fourth-order valence-corrected chi connectivity index (χ4v) is 3.58. The second-order valence-electron chi connectivity index (χ2n) is 5.98. The Morgan fingerprint density at radius 2 is 2.00 bits per heavy atom. The van der Waals surface area contributed by atoms with E-state index in [1.54, 1.807) is 20.3 Å². The molecule has 2 aromatic heterocycles. The van der Waals surface area contributed by atoms with E-state index in [4.69, 9.17) is 9.47 Å². The largest absolute Gasteiger partial charge is 0.497 e. The van der Waals surface area contributed by atoms with E-state index in [1.807, 2.05) is 32.2 Å². The highest BCUT2D eigenvalue weighted by Crippen LogP contribution is 2.25. The highest BCUT2D eigenvalue weighted by molar-refractivity contribution is 7.16. The molecule has 26 heavy (non-hydrogen) atoms. The number of methoxy groups -OCH3 is 2. The average Bonchev–Trinajstić information content (AvgIpc) is 3.05. The summed E-state index contributed by atoms with van der Waals surface area (Å²) in [6.07, 6.45) is 0.792. The van der Waals surface area contributed by atoms with E-state index < -0.39 is 0 Å². The average molecular weight is 374 g/mol. The third-order valence-electron chi connectivity index (χ3n) is 4.01. The van der Waals surface area contributed by atoms with Crippen LogP contribution in [0.5, 0.6) is 11.5 Å². The van der Waals surface area contributed by atoms with Gasteiger partial charge in [0.1, 0.15) is 16.5 Å². The topological polar surface area (TPSA) is 69.0 Å². The van der Waals surface area contributed by atoms with E-state index >= 15 is 0 Å². The van der Waals surface area contributed by atoms with Crippen molar-refractivity contribution in [1.29, 1.82) is 0 Å². The zero-order valence-corrected chi connectivity index (χ0v) is 16.2. The number of rotatable bonds is 7. The Kier molecular flexibility index (Phi) is 5.53. The van der Waals surface area contributed by atoms with E-state index in [1.165, 1.54) is 15.9 Å². The molecule has 0 aliphatic carbocycles. The molecule has 3 aromatic rings. The van der Waals surface area contributed by atoms with Crippen LogP contribution in [-0.4, -0.2) is 40.8 Å². The number of hydrogen-bond donors (Lipinski definition) is 0. The van der Waals surface area contributed by atoms with Gasteiger partial charge < -0.3 is 9.47 Å². The van der Waals surface area contributed by atoms with Crippen LogP contribution in [0.3, 0.4) is 0 Å². The van der Waals surface area contributed by atoms with Crippen LogP contribution in [0.2, 0.25) is 0 Å². The zero-order valence-electron chi connectivity index (χ0n) is 15.4. The molecule has 0 fully saturated rings. The molecule has 1 aromatic carbocycles. The maximum atomic E-state index is 12.3. The first kappa shape index (κ1) is 18.3. The molecule has 3 rings (SSSR count). The van der Waals surface area contributed by atoms with Crippen molar-refractivity contribution in [2.45, 2.75) is 26.4 Å². The molecular formula is C18H22N4O3S. The van der Waals surface area contributed by atoms with Gasteiger partial charge in [-0.15, -0.1) is 0 Å². The molecule has 0 spiro atoms. The van der Waals surface area contributed by atoms with Gasteiger partial charge in [0.05, 0.1) is 19.9 Å². The summed E-state index contributed by atoms with van der Waals surface area (Å²) in [5.74, 6) is 1.53. The molecule has 0 bridgehead atoms. The Bertz CT molecular complexity index is 967. The number of fused-ring (bicyclic) bond motifs is 1. The lowest BCUT2D eigenvalue weighted by atomic mass is 10.1. The maximum Gasteiger partial charge on any atom is 0.275 e. The summed E-state index contributed by atoms with van der Waals surface area (Å²) in [4.78, 5) is 19.6. The van der Waals surface area contributed by atoms with E-state index in [0.29, 0.717) is 18.1 Å². The molecule has 0 N–H and O–H groups in total. The van der Waals surface area contributed by atoms with Crippen molar-refractivity contribution in [2.24, 2.45) is 0 Å². The van der Waals surface area contributed by atoms with Gasteiger partial charge in [-0.3, -0.25) is 9.69 Å². The molecule has 138 valence electrons. The van der Waals surface area contributed by atoms with Crippen LogP contribution in [0.1, 0.15) is 23.2 Å². The van der Waals surface area contributed by atoms with Gasteiger partial charge >= 0.3 is 0 Å². The van der Waals surface area contributed by atoms with Crippen molar-refractivity contribution in [3.8, 4) is 11.5 Å². The molecular weight excluding hydrogens is 352 g/mol. The number of aryl methyl sites for hydroxylation is 1. The summed E-state index contributed by atoms with van der Waals surface area (Å²) >= 11 is 1.46. The fourth-order valence-electron chi connectivity index (χ4n) is 2.73. The monoisotopic (exact) mass is 374 g/mol. The highest BCUT2D eigenvalue weighted by Gasteiger charge is 2.12. The number of ether oxygens (including phenoxy) is 2. The Hall–Kier alpha value is -2.45. The minimum atomic E-state index is -0.142. The van der Waals surface area contributed by atoms with Crippen LogP contribution in [0, 0.1) is 0 Å². The fraction of sp³-hybridized carbons (Fsp3) is 0.389. The van der Waals surface area contributed by atoms with Crippen LogP contribution in [0.25, 0.3) is 4.96 Å². The summed E-state index contributed by atoms with van der Waals surface area (Å²) in [7, 11) is 5.26. The summed E-state index contributed by atoms with van der Waals surface area (Å²) in [6, 6.07) is 7.31. The van der Waals surface area contributed by atoms with Crippen molar-refractivity contribution < 1.29 is 9.47 Å². The Labute approximate surface area is 155 Å². The predicted octanol–water partition coefficient (Wildman–Crippen LogP) is 2.36. The van der Waals surface area contributed by atoms with Gasteiger partial charge in [0.2, 0.25) is 4.96 Å². The maximum absolute atomic E-state index is 12.3. The van der Waals surface area contributed by atoms with Crippen LogP contribution in [-0.2, 0) is 19.5 Å². The van der Waals surface area contributed by atoms with Gasteiger partial charge in [-0.05, 0) is 19.5 Å². The SMILES string of the molecule is CCc1nn2c(=O)cc(CN(C)Cc3ccc(OC)cc3OC)nc2s1. The van der Waals surface area contributed by atoms with Crippen molar-refractivity contribution in [3.05, 3.63) is 50.9 Å². The van der Waals surface area contributed by atoms with Crippen molar-refractivity contribution >= 4 is 16.3 Å². The molecule has 0 aliphatic heterocycles. The second kappa shape index (κ2) is 7.84. The van der Waals surface area contributed by atoms with Gasteiger partial charge in [-0.1, -0.05) is 24.3 Å². The number of benzene rings is 1. The molecule has 0 unspecified atom stereocenters. The minimum Gasteiger partial charge on any atom is -0.497 e. The number of hydrogen-bond acceptors (Lipinski definition) is 7. The lowest BCUT2D eigenvalue weighted by molar-refractivity contribution is 0.305. The highest BCUT2D eigenvalue weighted by atomic mass is 32.1. The van der Waals surface area contributed by atoms with Gasteiger partial charge in [0.25, 0.3) is 5.56 Å². The standard InChI is InChI=1S/C18H22N4O3S/c1-5-16-20-22-17(23)8-13(19-18(22)26-16)11-21(2)10-12-6-7-14(24-3)9-15(12)25-4/h6-9H,5,10-11H2,1-4H3. The molecule has 0 aliphatic rings. The third-order valence-corrected chi connectivity index (χ3v) is 5.06. The summed E-state index contributed by atoms with van der Waals surface area (Å²) in [5, 5.41) is 5.18. The van der Waals surface area contributed by atoms with Crippen molar-refractivity contribution in [1.82, 2.24) is 19.5 Å². The minimum absolute atomic E-state index is 0.142. The number of aromatic nitrogens is 3. The Morgan fingerprint density at radius 3 is 2.69 bits per heavy atom. The second-order valence-corrected chi connectivity index (χ2v) is 7.02.